The van der Waals surface area contributed by atoms with Gasteiger partial charge in [-0.05, 0) is 32.4 Å². The summed E-state index contributed by atoms with van der Waals surface area (Å²) in [6.45, 7) is 6.15. The van der Waals surface area contributed by atoms with Gasteiger partial charge in [-0.25, -0.2) is 4.98 Å². The summed E-state index contributed by atoms with van der Waals surface area (Å²) in [4.78, 5) is 6.86. The maximum Gasteiger partial charge on any atom is 0.236 e. The quantitative estimate of drug-likeness (QED) is 0.752. The normalized spacial score (nSPS) is 10.8. The van der Waals surface area contributed by atoms with Gasteiger partial charge in [0.1, 0.15) is 5.76 Å². The summed E-state index contributed by atoms with van der Waals surface area (Å²) in [5.74, 6) is 1.70. The zero-order valence-corrected chi connectivity index (χ0v) is 9.44. The number of aryl methyl sites for hydroxylation is 3. The van der Waals surface area contributed by atoms with E-state index in [1.54, 1.807) is 11.3 Å². The van der Waals surface area contributed by atoms with Crippen LogP contribution in [-0.4, -0.2) is 4.98 Å². The van der Waals surface area contributed by atoms with Crippen molar-refractivity contribution >= 4 is 11.3 Å². The first kappa shape index (κ1) is 9.46. The summed E-state index contributed by atoms with van der Waals surface area (Å²) in [7, 11) is 0. The molecule has 0 atom stereocenters. The van der Waals surface area contributed by atoms with Gasteiger partial charge >= 0.3 is 0 Å². The van der Waals surface area contributed by atoms with E-state index in [1.807, 2.05) is 6.92 Å². The first-order valence-corrected chi connectivity index (χ1v) is 5.55. The molecule has 0 aliphatic carbocycles. The Hall–Kier alpha value is -1.09. The van der Waals surface area contributed by atoms with Crippen molar-refractivity contribution in [2.24, 2.45) is 0 Å². The van der Waals surface area contributed by atoms with Crippen molar-refractivity contribution in [3.8, 4) is 10.8 Å². The van der Waals surface area contributed by atoms with Gasteiger partial charge in [0, 0.05) is 4.88 Å². The first-order chi connectivity index (χ1) is 6.70. The van der Waals surface area contributed by atoms with Gasteiger partial charge in [-0.2, -0.15) is 0 Å². The van der Waals surface area contributed by atoms with Gasteiger partial charge in [-0.3, -0.25) is 0 Å². The Kier molecular flexibility index (Phi) is 2.42. The molecule has 0 N–H and O–H groups in total. The minimum Gasteiger partial charge on any atom is -0.440 e. The van der Waals surface area contributed by atoms with Crippen molar-refractivity contribution in [1.29, 1.82) is 0 Å². The summed E-state index contributed by atoms with van der Waals surface area (Å²) in [6, 6.07) is 4.15. The van der Waals surface area contributed by atoms with Crippen LogP contribution in [0.2, 0.25) is 0 Å². The fourth-order valence-electron chi connectivity index (χ4n) is 1.41. The van der Waals surface area contributed by atoms with E-state index in [2.05, 4.69) is 31.0 Å². The lowest BCUT2D eigenvalue weighted by Crippen LogP contribution is -1.81. The second-order valence-corrected chi connectivity index (χ2v) is 4.57. The minimum atomic E-state index is 0.762. The lowest BCUT2D eigenvalue weighted by Gasteiger charge is -1.85. The van der Waals surface area contributed by atoms with Crippen molar-refractivity contribution < 1.29 is 4.42 Å². The third kappa shape index (κ3) is 1.60. The Morgan fingerprint density at radius 1 is 1.36 bits per heavy atom. The Bertz CT molecular complexity index is 442. The molecule has 0 radical (unpaired) electrons. The summed E-state index contributed by atoms with van der Waals surface area (Å²) >= 11 is 1.72. The lowest BCUT2D eigenvalue weighted by atomic mass is 10.3. The highest BCUT2D eigenvalue weighted by Gasteiger charge is 2.10. The third-order valence-corrected chi connectivity index (χ3v) is 3.17. The third-order valence-electron chi connectivity index (χ3n) is 2.18. The SMILES string of the molecule is CCc1nc(-c2ccc(C)s2)oc1C. The van der Waals surface area contributed by atoms with Crippen LogP contribution in [0.15, 0.2) is 16.5 Å². The van der Waals surface area contributed by atoms with E-state index in [0.717, 1.165) is 28.6 Å². The predicted molar refractivity (Wildman–Crippen MR) is 58.7 cm³/mol. The number of hydrogen-bond donors (Lipinski definition) is 0. The van der Waals surface area contributed by atoms with Crippen LogP contribution in [0.1, 0.15) is 23.3 Å². The second kappa shape index (κ2) is 3.58. The fourth-order valence-corrected chi connectivity index (χ4v) is 2.20. The molecule has 3 heteroatoms. The van der Waals surface area contributed by atoms with Gasteiger partial charge in [0.2, 0.25) is 5.89 Å². The molecule has 2 heterocycles. The minimum absolute atomic E-state index is 0.762. The number of rotatable bonds is 2. The highest BCUT2D eigenvalue weighted by Crippen LogP contribution is 2.28. The summed E-state index contributed by atoms with van der Waals surface area (Å²) in [5, 5.41) is 0. The van der Waals surface area contributed by atoms with Gasteiger partial charge in [0.15, 0.2) is 0 Å². The molecule has 0 saturated carbocycles. The van der Waals surface area contributed by atoms with E-state index in [9.17, 15) is 0 Å². The molecule has 0 amide bonds. The van der Waals surface area contributed by atoms with Gasteiger partial charge < -0.3 is 4.42 Å². The van der Waals surface area contributed by atoms with Crippen molar-refractivity contribution in [3.63, 3.8) is 0 Å². The van der Waals surface area contributed by atoms with E-state index in [-0.39, 0.29) is 0 Å². The highest BCUT2D eigenvalue weighted by atomic mass is 32.1. The standard InChI is InChI=1S/C11H13NOS/c1-4-9-8(3)13-11(12-9)10-6-5-7(2)14-10/h5-6H,4H2,1-3H3. The molecule has 0 fully saturated rings. The van der Waals surface area contributed by atoms with Crippen molar-refractivity contribution in [2.45, 2.75) is 27.2 Å². The van der Waals surface area contributed by atoms with Gasteiger partial charge in [0.05, 0.1) is 10.6 Å². The molecule has 0 bridgehead atoms. The second-order valence-electron chi connectivity index (χ2n) is 3.29. The van der Waals surface area contributed by atoms with Crippen LogP contribution in [0.4, 0.5) is 0 Å². The first-order valence-electron chi connectivity index (χ1n) is 4.74. The molecule has 2 nitrogen and oxygen atoms in total. The van der Waals surface area contributed by atoms with Crippen LogP contribution in [0, 0.1) is 13.8 Å². The largest absolute Gasteiger partial charge is 0.440 e. The fraction of sp³-hybridized carbons (Fsp3) is 0.364. The Labute approximate surface area is 87.6 Å². The number of nitrogens with zero attached hydrogens (tertiary/aromatic N) is 1. The monoisotopic (exact) mass is 207 g/mol. The van der Waals surface area contributed by atoms with Crippen LogP contribution < -0.4 is 0 Å². The van der Waals surface area contributed by atoms with E-state index in [1.165, 1.54) is 4.88 Å². The molecule has 0 spiro atoms. The van der Waals surface area contributed by atoms with Crippen LogP contribution in [-0.2, 0) is 6.42 Å². The van der Waals surface area contributed by atoms with Crippen LogP contribution >= 0.6 is 11.3 Å². The topological polar surface area (TPSA) is 26.0 Å². The van der Waals surface area contributed by atoms with Crippen LogP contribution in [0.25, 0.3) is 10.8 Å². The van der Waals surface area contributed by atoms with E-state index in [4.69, 9.17) is 4.42 Å². The molecule has 14 heavy (non-hydrogen) atoms. The zero-order chi connectivity index (χ0) is 10.1. The Morgan fingerprint density at radius 3 is 2.64 bits per heavy atom. The van der Waals surface area contributed by atoms with Gasteiger partial charge in [-0.15, -0.1) is 11.3 Å². The number of hydrogen-bond acceptors (Lipinski definition) is 3. The average Bonchev–Trinajstić information content (AvgIpc) is 2.71. The van der Waals surface area contributed by atoms with E-state index < -0.39 is 0 Å². The molecule has 2 aromatic heterocycles. The molecule has 2 rings (SSSR count). The van der Waals surface area contributed by atoms with Crippen molar-refractivity contribution in [2.75, 3.05) is 0 Å². The molecule has 74 valence electrons. The number of aromatic nitrogens is 1. The lowest BCUT2D eigenvalue weighted by molar-refractivity contribution is 0.541. The van der Waals surface area contributed by atoms with Gasteiger partial charge in [-0.1, -0.05) is 6.92 Å². The smallest absolute Gasteiger partial charge is 0.236 e. The van der Waals surface area contributed by atoms with Crippen molar-refractivity contribution in [3.05, 3.63) is 28.5 Å². The summed E-state index contributed by atoms with van der Waals surface area (Å²) in [5.41, 5.74) is 1.06. The molecular formula is C11H13NOS. The molecule has 0 aromatic carbocycles. The molecular weight excluding hydrogens is 194 g/mol. The van der Waals surface area contributed by atoms with E-state index in [0.29, 0.717) is 0 Å². The Morgan fingerprint density at radius 2 is 2.14 bits per heavy atom. The molecule has 0 saturated heterocycles. The average molecular weight is 207 g/mol. The van der Waals surface area contributed by atoms with Crippen LogP contribution in [0.3, 0.4) is 0 Å². The van der Waals surface area contributed by atoms with Crippen LogP contribution in [0.5, 0.6) is 0 Å². The summed E-state index contributed by atoms with van der Waals surface area (Å²) in [6.07, 6.45) is 0.930. The van der Waals surface area contributed by atoms with Crippen molar-refractivity contribution in [1.82, 2.24) is 4.98 Å². The number of thiophene rings is 1. The van der Waals surface area contributed by atoms with E-state index >= 15 is 0 Å². The number of oxazole rings is 1. The van der Waals surface area contributed by atoms with Gasteiger partial charge in [0.25, 0.3) is 0 Å². The Balaban J connectivity index is 2.42. The summed E-state index contributed by atoms with van der Waals surface area (Å²) < 4.78 is 5.60. The highest BCUT2D eigenvalue weighted by molar-refractivity contribution is 7.15. The zero-order valence-electron chi connectivity index (χ0n) is 8.63. The molecule has 0 aliphatic heterocycles. The molecule has 2 aromatic rings. The molecule has 0 aliphatic rings. The molecule has 0 unspecified atom stereocenters. The maximum atomic E-state index is 5.60. The maximum absolute atomic E-state index is 5.60. The predicted octanol–water partition coefficient (Wildman–Crippen LogP) is 3.58.